The quantitative estimate of drug-likeness (QED) is 0.465. The van der Waals surface area contributed by atoms with Crippen LogP contribution >= 0.6 is 11.8 Å². The summed E-state index contributed by atoms with van der Waals surface area (Å²) < 4.78 is 46.1. The average Bonchev–Trinajstić information content (AvgIpc) is 3.36. The van der Waals surface area contributed by atoms with Gasteiger partial charge < -0.3 is 19.3 Å². The summed E-state index contributed by atoms with van der Waals surface area (Å²) in [5.74, 6) is -2.00. The third kappa shape index (κ3) is 5.69. The van der Waals surface area contributed by atoms with Crippen molar-refractivity contribution in [2.45, 2.75) is 35.9 Å². The van der Waals surface area contributed by atoms with Gasteiger partial charge in [0, 0.05) is 22.4 Å². The fourth-order valence-electron chi connectivity index (χ4n) is 3.89. The second-order valence-electron chi connectivity index (χ2n) is 8.15. The lowest BCUT2D eigenvalue weighted by molar-refractivity contribution is -0.180. The van der Waals surface area contributed by atoms with E-state index in [1.807, 2.05) is 0 Å². The van der Waals surface area contributed by atoms with Gasteiger partial charge in [-0.05, 0) is 18.2 Å². The summed E-state index contributed by atoms with van der Waals surface area (Å²) in [6.45, 7) is 2.34. The first kappa shape index (κ1) is 25.2. The van der Waals surface area contributed by atoms with Gasteiger partial charge >= 0.3 is 5.97 Å². The number of hydrogen-bond acceptors (Lipinski definition) is 8. The number of halogens is 2. The standard InChI is InChI=1S/C24H25F2N3O5S/c1-15(24(31,12-29-14-27-13-28-29)20-8-7-18(25)9-21(20)26)35-19-10-33-23(34-11-19)17-5-3-16(4-6-17)22(30)32-2/h3-9,13-15,19,23,31H,10-12H2,1-2H3/t15-,19?,23?,24-/m1/s1. The highest BCUT2D eigenvalue weighted by Gasteiger charge is 2.41. The molecule has 1 N–H and O–H groups in total. The molecule has 3 aromatic rings. The van der Waals surface area contributed by atoms with E-state index in [0.717, 1.165) is 17.7 Å². The minimum absolute atomic E-state index is 0.0318. The molecule has 0 saturated carbocycles. The second-order valence-corrected chi connectivity index (χ2v) is 9.80. The first-order valence-corrected chi connectivity index (χ1v) is 11.8. The number of nitrogens with zero attached hydrogens (tertiary/aromatic N) is 3. The molecule has 2 atom stereocenters. The number of hydrogen-bond donors (Lipinski definition) is 1. The lowest BCUT2D eigenvalue weighted by Gasteiger charge is -2.37. The van der Waals surface area contributed by atoms with Crippen LogP contribution in [0.3, 0.4) is 0 Å². The highest BCUT2D eigenvalue weighted by atomic mass is 32.2. The Balaban J connectivity index is 1.44. The zero-order valence-electron chi connectivity index (χ0n) is 19.1. The Morgan fingerprint density at radius 3 is 2.57 bits per heavy atom. The second kappa shape index (κ2) is 10.8. The topological polar surface area (TPSA) is 95.7 Å². The van der Waals surface area contributed by atoms with Gasteiger partial charge in [-0.3, -0.25) is 0 Å². The van der Waals surface area contributed by atoms with Crippen LogP contribution in [-0.2, 0) is 26.4 Å². The van der Waals surface area contributed by atoms with E-state index in [4.69, 9.17) is 14.2 Å². The third-order valence-electron chi connectivity index (χ3n) is 5.81. The molecular weight excluding hydrogens is 480 g/mol. The molecule has 0 amide bonds. The van der Waals surface area contributed by atoms with Gasteiger partial charge in [0.1, 0.15) is 29.9 Å². The van der Waals surface area contributed by atoms with Crippen LogP contribution in [0.25, 0.3) is 0 Å². The zero-order chi connectivity index (χ0) is 25.0. The molecular formula is C24H25F2N3O5S. The minimum atomic E-state index is -1.71. The molecule has 8 nitrogen and oxygen atoms in total. The normalized spacial score (nSPS) is 20.7. The Morgan fingerprint density at radius 1 is 1.26 bits per heavy atom. The van der Waals surface area contributed by atoms with Gasteiger partial charge in [-0.25, -0.2) is 23.2 Å². The summed E-state index contributed by atoms with van der Waals surface area (Å²) in [5.41, 5.74) is -0.564. The maximum atomic E-state index is 14.7. The molecule has 0 bridgehead atoms. The van der Waals surface area contributed by atoms with E-state index in [2.05, 4.69) is 10.1 Å². The molecule has 0 radical (unpaired) electrons. The van der Waals surface area contributed by atoms with Gasteiger partial charge in [0.25, 0.3) is 0 Å². The van der Waals surface area contributed by atoms with Gasteiger partial charge in [-0.1, -0.05) is 25.1 Å². The monoisotopic (exact) mass is 505 g/mol. The van der Waals surface area contributed by atoms with Crippen molar-refractivity contribution in [2.75, 3.05) is 20.3 Å². The maximum Gasteiger partial charge on any atom is 0.337 e. The Hall–Kier alpha value is -2.86. The molecule has 1 aliphatic heterocycles. The Kier molecular flexibility index (Phi) is 7.80. The first-order chi connectivity index (χ1) is 16.8. The molecule has 0 spiro atoms. The molecule has 1 aliphatic rings. The van der Waals surface area contributed by atoms with Gasteiger partial charge in [-0.2, -0.15) is 5.10 Å². The van der Waals surface area contributed by atoms with E-state index in [1.54, 1.807) is 31.2 Å². The van der Waals surface area contributed by atoms with E-state index in [9.17, 15) is 18.7 Å². The molecule has 1 saturated heterocycles. The fourth-order valence-corrected chi connectivity index (χ4v) is 5.20. The SMILES string of the molecule is COC(=O)c1ccc(C2OCC(S[C@H](C)[C@](O)(Cn3cncn3)c3ccc(F)cc3F)CO2)cc1. The smallest absolute Gasteiger partial charge is 0.337 e. The van der Waals surface area contributed by atoms with Gasteiger partial charge in [0.05, 0.1) is 37.7 Å². The fraction of sp³-hybridized carbons (Fsp3) is 0.375. The van der Waals surface area contributed by atoms with E-state index < -0.39 is 34.7 Å². The number of aromatic nitrogens is 3. The highest BCUT2D eigenvalue weighted by Crippen LogP contribution is 2.39. The van der Waals surface area contributed by atoms with Crippen LogP contribution in [0.2, 0.25) is 0 Å². The summed E-state index contributed by atoms with van der Waals surface area (Å²) in [7, 11) is 1.32. The third-order valence-corrected chi connectivity index (χ3v) is 7.26. The van der Waals surface area contributed by atoms with Crippen molar-refractivity contribution in [1.29, 1.82) is 0 Å². The number of carbonyl (C=O) groups excluding carboxylic acids is 1. The van der Waals surface area contributed by atoms with Crippen molar-refractivity contribution >= 4 is 17.7 Å². The molecule has 2 heterocycles. The zero-order valence-corrected chi connectivity index (χ0v) is 20.0. The van der Waals surface area contributed by atoms with Crippen LogP contribution in [0.1, 0.15) is 34.7 Å². The number of aliphatic hydroxyl groups is 1. The number of methoxy groups -OCH3 is 1. The van der Waals surface area contributed by atoms with Crippen molar-refractivity contribution in [3.63, 3.8) is 0 Å². The summed E-state index contributed by atoms with van der Waals surface area (Å²) in [5, 5.41) is 15.0. The van der Waals surface area contributed by atoms with E-state index >= 15 is 0 Å². The largest absolute Gasteiger partial charge is 0.465 e. The lowest BCUT2D eigenvalue weighted by Crippen LogP contribution is -2.43. The summed E-state index contributed by atoms with van der Waals surface area (Å²) in [6.07, 6.45) is 2.14. The van der Waals surface area contributed by atoms with E-state index in [1.165, 1.54) is 42.3 Å². The predicted octanol–water partition coefficient (Wildman–Crippen LogP) is 3.47. The Bertz CT molecular complexity index is 1140. The average molecular weight is 506 g/mol. The molecule has 186 valence electrons. The van der Waals surface area contributed by atoms with Gasteiger partial charge in [-0.15, -0.1) is 11.8 Å². The number of benzene rings is 2. The molecule has 1 aromatic heterocycles. The molecule has 0 unspecified atom stereocenters. The maximum absolute atomic E-state index is 14.7. The first-order valence-electron chi connectivity index (χ1n) is 10.9. The number of rotatable bonds is 8. The summed E-state index contributed by atoms with van der Waals surface area (Å²) in [6, 6.07) is 9.87. The molecule has 2 aromatic carbocycles. The number of thioether (sulfide) groups is 1. The number of carbonyl (C=O) groups is 1. The minimum Gasteiger partial charge on any atom is -0.465 e. The Morgan fingerprint density at radius 2 is 1.97 bits per heavy atom. The van der Waals surface area contributed by atoms with Crippen LogP contribution < -0.4 is 0 Å². The Labute approximate surface area is 205 Å². The van der Waals surface area contributed by atoms with Crippen LogP contribution in [0.5, 0.6) is 0 Å². The van der Waals surface area contributed by atoms with Crippen molar-refractivity contribution in [3.05, 3.63) is 83.4 Å². The van der Waals surface area contributed by atoms with Gasteiger partial charge in [0.2, 0.25) is 0 Å². The van der Waals surface area contributed by atoms with Crippen molar-refractivity contribution in [3.8, 4) is 0 Å². The van der Waals surface area contributed by atoms with Crippen LogP contribution in [-0.4, -0.2) is 56.7 Å². The van der Waals surface area contributed by atoms with Crippen molar-refractivity contribution < 1.29 is 32.9 Å². The van der Waals surface area contributed by atoms with E-state index in [0.29, 0.717) is 18.8 Å². The molecule has 4 rings (SSSR count). The molecule has 0 aliphatic carbocycles. The lowest BCUT2D eigenvalue weighted by atomic mass is 9.90. The number of esters is 1. The van der Waals surface area contributed by atoms with Crippen LogP contribution in [0, 0.1) is 11.6 Å². The molecule has 35 heavy (non-hydrogen) atoms. The predicted molar refractivity (Wildman–Crippen MR) is 124 cm³/mol. The van der Waals surface area contributed by atoms with Crippen LogP contribution in [0.4, 0.5) is 8.78 Å². The molecule has 11 heteroatoms. The van der Waals surface area contributed by atoms with Crippen LogP contribution in [0.15, 0.2) is 55.1 Å². The number of ether oxygens (including phenoxy) is 3. The van der Waals surface area contributed by atoms with Crippen molar-refractivity contribution in [2.24, 2.45) is 0 Å². The van der Waals surface area contributed by atoms with E-state index in [-0.39, 0.29) is 17.4 Å². The summed E-state index contributed by atoms with van der Waals surface area (Å²) >= 11 is 1.38. The van der Waals surface area contributed by atoms with Gasteiger partial charge in [0.15, 0.2) is 6.29 Å². The summed E-state index contributed by atoms with van der Waals surface area (Å²) in [4.78, 5) is 15.5. The highest BCUT2D eigenvalue weighted by molar-refractivity contribution is 8.00. The molecule has 1 fully saturated rings. The van der Waals surface area contributed by atoms with Crippen molar-refractivity contribution in [1.82, 2.24) is 14.8 Å².